The highest BCUT2D eigenvalue weighted by atomic mass is 31.2. The molecule has 0 N–H and O–H groups in total. The molecular formula is C4H12B4F16O3P-3. The highest BCUT2D eigenvalue weighted by Crippen LogP contribution is 2.56. The molecule has 0 atom stereocenters. The molecule has 28 heavy (non-hydrogen) atoms. The molecule has 0 saturated heterocycles. The van der Waals surface area contributed by atoms with Gasteiger partial charge in [-0.15, -0.1) is 0 Å². The van der Waals surface area contributed by atoms with Crippen molar-refractivity contribution in [1.29, 1.82) is 0 Å². The van der Waals surface area contributed by atoms with E-state index in [1.54, 1.807) is 28.0 Å². The van der Waals surface area contributed by atoms with E-state index in [4.69, 9.17) is 13.6 Å². The van der Waals surface area contributed by atoms with Gasteiger partial charge in [0.15, 0.2) is 0 Å². The van der Waals surface area contributed by atoms with E-state index in [2.05, 4.69) is 0 Å². The number of rotatable bonds is 3. The van der Waals surface area contributed by atoms with Crippen LogP contribution in [0.15, 0.2) is 0 Å². The Morgan fingerprint density at radius 2 is 0.464 bits per heavy atom. The van der Waals surface area contributed by atoms with Crippen LogP contribution < -0.4 is 0 Å². The Balaban J connectivity index is -0.0000000802. The van der Waals surface area contributed by atoms with Gasteiger partial charge in [-0.3, -0.25) is 0 Å². The lowest BCUT2D eigenvalue weighted by Gasteiger charge is -2.10. The normalized spacial score (nSPS) is 12.0. The molecule has 0 amide bonds. The molecule has 0 aliphatic heterocycles. The molecule has 0 fully saturated rings. The zero-order chi connectivity index (χ0) is 24.6. The number of halogens is 16. The maximum atomic E-state index is 9.75. The van der Waals surface area contributed by atoms with Crippen LogP contribution in [0.25, 0.3) is 0 Å². The maximum absolute atomic E-state index is 9.75. The van der Waals surface area contributed by atoms with E-state index in [0.717, 1.165) is 0 Å². The molecule has 0 aliphatic carbocycles. The minimum atomic E-state index is -6.00. The third kappa shape index (κ3) is 213. The van der Waals surface area contributed by atoms with Crippen molar-refractivity contribution in [3.63, 3.8) is 0 Å². The molecule has 24 heteroatoms. The standard InChI is InChI=1S/C4H12O3P.4BF4/c1-5-8(4,6-2)7-3;4*2-1(3,4)5/h1-4H3;;;;/q+1;4*-1. The summed E-state index contributed by atoms with van der Waals surface area (Å²) < 4.78 is 171. The quantitative estimate of drug-likeness (QED) is 0.258. The molecular weight excluding hydrogens is 474 g/mol. The van der Waals surface area contributed by atoms with E-state index >= 15 is 0 Å². The number of hydrogen-bond donors (Lipinski definition) is 0. The van der Waals surface area contributed by atoms with Gasteiger partial charge in [-0.25, -0.2) is 0 Å². The summed E-state index contributed by atoms with van der Waals surface area (Å²) in [6.07, 6.45) is 0. The third-order valence-corrected chi connectivity index (χ3v) is 2.98. The van der Waals surface area contributed by atoms with Crippen LogP contribution in [0.2, 0.25) is 0 Å². The Morgan fingerprint density at radius 3 is 0.464 bits per heavy atom. The fourth-order valence-corrected chi connectivity index (χ4v) is 0.671. The molecule has 0 aromatic carbocycles. The largest absolute Gasteiger partial charge is 0.673 e. The van der Waals surface area contributed by atoms with Crippen molar-refractivity contribution in [3.05, 3.63) is 0 Å². The summed E-state index contributed by atoms with van der Waals surface area (Å²) in [4.78, 5) is 0. The average Bonchev–Trinajstić information content (AvgIpc) is 2.29. The van der Waals surface area contributed by atoms with E-state index < -0.39 is 37.0 Å². The predicted molar refractivity (Wildman–Crippen MR) is 74.6 cm³/mol. The molecule has 0 saturated carbocycles. The molecule has 0 aromatic rings. The molecule has 0 spiro atoms. The molecule has 0 aromatic heterocycles. The van der Waals surface area contributed by atoms with Gasteiger partial charge in [0.25, 0.3) is 0 Å². The molecule has 0 heterocycles. The Hall–Kier alpha value is -0.550. The topological polar surface area (TPSA) is 27.7 Å². The Morgan fingerprint density at radius 1 is 0.393 bits per heavy atom. The summed E-state index contributed by atoms with van der Waals surface area (Å²) >= 11 is 0. The summed E-state index contributed by atoms with van der Waals surface area (Å²) in [6, 6.07) is 0. The van der Waals surface area contributed by atoms with Gasteiger partial charge >= 0.3 is 37.0 Å². The zero-order valence-corrected chi connectivity index (χ0v) is 14.9. The maximum Gasteiger partial charge on any atom is 0.673 e. The van der Waals surface area contributed by atoms with Gasteiger partial charge in [0.2, 0.25) is 0 Å². The smallest absolute Gasteiger partial charge is 0.418 e. The minimum Gasteiger partial charge on any atom is -0.418 e. The van der Waals surface area contributed by atoms with Gasteiger partial charge in [0, 0.05) is 0 Å². The lowest BCUT2D eigenvalue weighted by Crippen LogP contribution is -2.02. The van der Waals surface area contributed by atoms with Crippen molar-refractivity contribution in [2.24, 2.45) is 0 Å². The van der Waals surface area contributed by atoms with Crippen LogP contribution in [-0.2, 0) is 13.6 Å². The van der Waals surface area contributed by atoms with E-state index in [9.17, 15) is 69.1 Å². The Labute approximate surface area is 149 Å². The molecule has 3 nitrogen and oxygen atoms in total. The predicted octanol–water partition coefficient (Wildman–Crippen LogP) is 6.52. The van der Waals surface area contributed by atoms with Gasteiger partial charge in [-0.1, -0.05) is 0 Å². The molecule has 0 unspecified atom stereocenters. The van der Waals surface area contributed by atoms with E-state index in [1.807, 2.05) is 0 Å². The fourth-order valence-electron chi connectivity index (χ4n) is 0.224. The second-order valence-electron chi connectivity index (χ2n) is 3.30. The average molecular weight is 486 g/mol. The molecule has 0 aliphatic rings. The number of hydrogen-bond acceptors (Lipinski definition) is 3. The van der Waals surface area contributed by atoms with Gasteiger partial charge in [0.1, 0.15) is 6.66 Å². The van der Waals surface area contributed by atoms with Crippen molar-refractivity contribution in [1.82, 2.24) is 0 Å². The van der Waals surface area contributed by atoms with Crippen LogP contribution in [0.5, 0.6) is 0 Å². The van der Waals surface area contributed by atoms with Gasteiger partial charge < -0.3 is 69.1 Å². The highest BCUT2D eigenvalue weighted by Gasteiger charge is 2.33. The Bertz CT molecular complexity index is 258. The lowest BCUT2D eigenvalue weighted by atomic mass is 10.3. The first-order valence-corrected chi connectivity index (χ1v) is 7.70. The molecule has 0 bridgehead atoms. The second kappa shape index (κ2) is 16.3. The second-order valence-corrected chi connectivity index (χ2v) is 5.94. The van der Waals surface area contributed by atoms with Crippen LogP contribution in [0.1, 0.15) is 0 Å². The summed E-state index contributed by atoms with van der Waals surface area (Å²) in [5.41, 5.74) is 0. The van der Waals surface area contributed by atoms with Crippen molar-refractivity contribution >= 4 is 37.0 Å². The Kier molecular flexibility index (Phi) is 22.1. The van der Waals surface area contributed by atoms with Crippen molar-refractivity contribution < 1.29 is 82.6 Å². The zero-order valence-electron chi connectivity index (χ0n) is 14.0. The first-order valence-electron chi connectivity index (χ1n) is 5.71. The van der Waals surface area contributed by atoms with Crippen molar-refractivity contribution in [2.75, 3.05) is 28.0 Å². The lowest BCUT2D eigenvalue weighted by molar-refractivity contribution is 0.217. The van der Waals surface area contributed by atoms with Gasteiger partial charge in [-0.2, -0.15) is 13.6 Å². The third-order valence-electron chi connectivity index (χ3n) is 0.995. The minimum absolute atomic E-state index is 1.57. The monoisotopic (exact) mass is 487 g/mol. The first-order chi connectivity index (χ1) is 11.7. The van der Waals surface area contributed by atoms with Crippen LogP contribution in [-0.4, -0.2) is 57.0 Å². The summed E-state index contributed by atoms with van der Waals surface area (Å²) in [7, 11) is -21.2. The van der Waals surface area contributed by atoms with Crippen LogP contribution >= 0.6 is 7.94 Å². The van der Waals surface area contributed by atoms with E-state index in [0.29, 0.717) is 0 Å². The molecule has 0 rings (SSSR count). The molecule has 178 valence electrons. The van der Waals surface area contributed by atoms with E-state index in [1.165, 1.54) is 0 Å². The summed E-state index contributed by atoms with van der Waals surface area (Å²) in [5, 5.41) is 0. The van der Waals surface area contributed by atoms with Crippen LogP contribution in [0, 0.1) is 0 Å². The van der Waals surface area contributed by atoms with Crippen LogP contribution in [0.4, 0.5) is 69.1 Å². The summed E-state index contributed by atoms with van der Waals surface area (Å²) in [6.45, 7) is 1.80. The van der Waals surface area contributed by atoms with Gasteiger partial charge in [-0.05, 0) is 0 Å². The van der Waals surface area contributed by atoms with Crippen molar-refractivity contribution in [2.45, 2.75) is 0 Å². The van der Waals surface area contributed by atoms with Gasteiger partial charge in [0.05, 0.1) is 21.3 Å². The molecule has 0 radical (unpaired) electrons. The van der Waals surface area contributed by atoms with Crippen molar-refractivity contribution in [3.8, 4) is 0 Å². The highest BCUT2D eigenvalue weighted by molar-refractivity contribution is 7.60. The SMILES string of the molecule is CO[P+](C)(OC)OC.F[B-](F)(F)F.F[B-](F)(F)F.F[B-](F)(F)F.F[B-](F)(F)F. The van der Waals surface area contributed by atoms with E-state index in [-0.39, 0.29) is 0 Å². The fraction of sp³-hybridized carbons (Fsp3) is 1.00. The summed E-state index contributed by atoms with van der Waals surface area (Å²) in [5.74, 6) is 0. The van der Waals surface area contributed by atoms with Crippen LogP contribution in [0.3, 0.4) is 0 Å². The first kappa shape index (κ1) is 38.1.